The van der Waals surface area contributed by atoms with Gasteiger partial charge in [0, 0.05) is 38.4 Å². The quantitative estimate of drug-likeness (QED) is 0.840. The number of likely N-dealkylation sites (N-methyl/N-ethyl adjacent to an activating group) is 1. The van der Waals surface area contributed by atoms with Crippen LogP contribution in [0.15, 0.2) is 23.7 Å². The van der Waals surface area contributed by atoms with E-state index in [9.17, 15) is 4.79 Å². The molecule has 0 unspecified atom stereocenters. The van der Waals surface area contributed by atoms with Gasteiger partial charge in [0.25, 0.3) is 5.91 Å². The molecular weight excluding hydrogens is 316 g/mol. The van der Waals surface area contributed by atoms with Gasteiger partial charge in [-0.1, -0.05) is 0 Å². The Balaban J connectivity index is 1.74. The molecule has 0 saturated carbocycles. The molecule has 0 radical (unpaired) electrons. The smallest absolute Gasteiger partial charge is 0.252 e. The molecule has 1 aromatic rings. The van der Waals surface area contributed by atoms with Crippen molar-refractivity contribution in [2.75, 3.05) is 33.8 Å². The largest absolute Gasteiger partial charge is 0.498 e. The highest BCUT2D eigenvalue weighted by Gasteiger charge is 2.33. The number of likely N-dealkylation sites (tertiary alicyclic amines) is 1. The summed E-state index contributed by atoms with van der Waals surface area (Å²) in [5.74, 6) is 1.34. The van der Waals surface area contributed by atoms with Crippen LogP contribution in [0.4, 0.5) is 0 Å². The predicted molar refractivity (Wildman–Crippen MR) is 96.8 cm³/mol. The number of amides is 1. The summed E-state index contributed by atoms with van der Waals surface area (Å²) in [7, 11) is 6.05. The number of piperidine rings is 1. The van der Waals surface area contributed by atoms with E-state index in [-0.39, 0.29) is 5.91 Å². The van der Waals surface area contributed by atoms with Gasteiger partial charge < -0.3 is 9.64 Å². The van der Waals surface area contributed by atoms with Crippen LogP contribution in [0.5, 0.6) is 0 Å². The second-order valence-corrected chi connectivity index (χ2v) is 7.45. The fourth-order valence-electron chi connectivity index (χ4n) is 4.23. The number of carbonyl (C=O) groups is 1. The molecule has 138 valence electrons. The first-order chi connectivity index (χ1) is 12.0. The number of ether oxygens (including phenoxy) is 1. The topological polar surface area (TPSA) is 50.6 Å². The van der Waals surface area contributed by atoms with Gasteiger partial charge in [-0.05, 0) is 52.1 Å². The van der Waals surface area contributed by atoms with E-state index in [1.807, 2.05) is 36.8 Å². The van der Waals surface area contributed by atoms with Crippen molar-refractivity contribution in [3.8, 4) is 0 Å². The fourth-order valence-corrected chi connectivity index (χ4v) is 4.23. The molecule has 0 aliphatic carbocycles. The third-order valence-electron chi connectivity index (χ3n) is 5.50. The van der Waals surface area contributed by atoms with Crippen molar-refractivity contribution in [1.82, 2.24) is 19.6 Å². The summed E-state index contributed by atoms with van der Waals surface area (Å²) in [5.41, 5.74) is 2.09. The normalized spacial score (nSPS) is 25.0. The molecule has 25 heavy (non-hydrogen) atoms. The molecule has 0 bridgehead atoms. The molecule has 6 nitrogen and oxygen atoms in total. The number of carbonyl (C=O) groups excluding carboxylic acids is 1. The van der Waals surface area contributed by atoms with Gasteiger partial charge in [0.1, 0.15) is 5.76 Å². The van der Waals surface area contributed by atoms with Crippen LogP contribution in [0, 0.1) is 5.92 Å². The summed E-state index contributed by atoms with van der Waals surface area (Å²) in [4.78, 5) is 17.2. The average molecular weight is 346 g/mol. The van der Waals surface area contributed by atoms with Crippen LogP contribution in [-0.4, -0.2) is 59.3 Å². The van der Waals surface area contributed by atoms with E-state index < -0.39 is 0 Å². The summed E-state index contributed by atoms with van der Waals surface area (Å²) < 4.78 is 7.43. The molecule has 1 aromatic heterocycles. The monoisotopic (exact) mass is 346 g/mol. The third-order valence-corrected chi connectivity index (χ3v) is 5.50. The summed E-state index contributed by atoms with van der Waals surface area (Å²) >= 11 is 0. The molecule has 3 rings (SSSR count). The first-order valence-electron chi connectivity index (χ1n) is 9.24. The zero-order valence-corrected chi connectivity index (χ0v) is 15.9. The van der Waals surface area contributed by atoms with Crippen molar-refractivity contribution >= 4 is 5.91 Å². The van der Waals surface area contributed by atoms with Crippen molar-refractivity contribution in [3.05, 3.63) is 29.3 Å². The lowest BCUT2D eigenvalue weighted by Gasteiger charge is -2.40. The van der Waals surface area contributed by atoms with E-state index in [0.717, 1.165) is 50.3 Å². The Hall–Kier alpha value is -1.82. The van der Waals surface area contributed by atoms with E-state index in [2.05, 4.69) is 23.2 Å². The zero-order chi connectivity index (χ0) is 18.0. The molecule has 2 atom stereocenters. The molecular formula is C19H30N4O2. The molecule has 1 amide bonds. The van der Waals surface area contributed by atoms with Gasteiger partial charge in [0.2, 0.25) is 0 Å². The second kappa shape index (κ2) is 7.60. The van der Waals surface area contributed by atoms with Gasteiger partial charge in [0.05, 0.1) is 18.4 Å². The van der Waals surface area contributed by atoms with E-state index in [1.54, 1.807) is 0 Å². The first-order valence-corrected chi connectivity index (χ1v) is 9.24. The van der Waals surface area contributed by atoms with Crippen LogP contribution in [0.2, 0.25) is 0 Å². The van der Waals surface area contributed by atoms with E-state index in [1.165, 1.54) is 12.0 Å². The standard InChI is InChI=1S/C19H30N4O2/c1-14-17(8-6-10-25-14)19(24)22(3)12-15-7-5-9-21(2)18(15)16-11-20-23(4)13-16/h11,13,15,18H,5-10,12H2,1-4H3/t15-,18+/m0/s1. The maximum absolute atomic E-state index is 12.9. The van der Waals surface area contributed by atoms with Crippen LogP contribution >= 0.6 is 0 Å². The Morgan fingerprint density at radius 3 is 2.88 bits per heavy atom. The zero-order valence-electron chi connectivity index (χ0n) is 15.9. The Morgan fingerprint density at radius 1 is 1.40 bits per heavy atom. The number of hydrogen-bond donors (Lipinski definition) is 0. The summed E-state index contributed by atoms with van der Waals surface area (Å²) in [5, 5.41) is 4.34. The Morgan fingerprint density at radius 2 is 2.20 bits per heavy atom. The molecule has 0 aromatic carbocycles. The minimum atomic E-state index is 0.121. The van der Waals surface area contributed by atoms with Crippen molar-refractivity contribution < 1.29 is 9.53 Å². The fraction of sp³-hybridized carbons (Fsp3) is 0.684. The van der Waals surface area contributed by atoms with Crippen LogP contribution in [-0.2, 0) is 16.6 Å². The minimum absolute atomic E-state index is 0.121. The number of aryl methyl sites for hydroxylation is 1. The van der Waals surface area contributed by atoms with E-state index in [4.69, 9.17) is 4.74 Å². The molecule has 1 saturated heterocycles. The highest BCUT2D eigenvalue weighted by atomic mass is 16.5. The lowest BCUT2D eigenvalue weighted by atomic mass is 9.85. The first kappa shape index (κ1) is 18.0. The van der Waals surface area contributed by atoms with Crippen molar-refractivity contribution in [2.24, 2.45) is 13.0 Å². The predicted octanol–water partition coefficient (Wildman–Crippen LogP) is 2.35. The van der Waals surface area contributed by atoms with Gasteiger partial charge in [-0.25, -0.2) is 0 Å². The van der Waals surface area contributed by atoms with Gasteiger partial charge in [-0.2, -0.15) is 5.10 Å². The lowest BCUT2D eigenvalue weighted by Crippen LogP contribution is -2.42. The number of rotatable bonds is 4. The van der Waals surface area contributed by atoms with Crippen molar-refractivity contribution in [3.63, 3.8) is 0 Å². The summed E-state index contributed by atoms with van der Waals surface area (Å²) in [6, 6.07) is 0.315. The van der Waals surface area contributed by atoms with Crippen LogP contribution in [0.3, 0.4) is 0 Å². The van der Waals surface area contributed by atoms with Gasteiger partial charge in [-0.15, -0.1) is 0 Å². The highest BCUT2D eigenvalue weighted by Crippen LogP contribution is 2.35. The number of allylic oxidation sites excluding steroid dienone is 1. The van der Waals surface area contributed by atoms with Gasteiger partial charge in [-0.3, -0.25) is 14.4 Å². The number of hydrogen-bond acceptors (Lipinski definition) is 4. The third kappa shape index (κ3) is 3.89. The van der Waals surface area contributed by atoms with Crippen LogP contribution < -0.4 is 0 Å². The van der Waals surface area contributed by atoms with Gasteiger partial charge in [0.15, 0.2) is 0 Å². The molecule has 0 spiro atoms. The van der Waals surface area contributed by atoms with Crippen LogP contribution in [0.25, 0.3) is 0 Å². The SMILES string of the molecule is CC1=C(C(=O)N(C)C[C@@H]2CCCN(C)[C@H]2c2cnn(C)c2)CCCO1. The molecule has 6 heteroatoms. The maximum Gasteiger partial charge on any atom is 0.252 e. The summed E-state index contributed by atoms with van der Waals surface area (Å²) in [6.45, 7) is 4.49. The second-order valence-electron chi connectivity index (χ2n) is 7.45. The molecule has 2 aliphatic heterocycles. The Kier molecular flexibility index (Phi) is 5.47. The van der Waals surface area contributed by atoms with Crippen LogP contribution in [0.1, 0.15) is 44.2 Å². The van der Waals surface area contributed by atoms with E-state index in [0.29, 0.717) is 12.0 Å². The summed E-state index contributed by atoms with van der Waals surface area (Å²) in [6.07, 6.45) is 8.12. The molecule has 2 aliphatic rings. The number of aromatic nitrogens is 2. The molecule has 0 N–H and O–H groups in total. The minimum Gasteiger partial charge on any atom is -0.498 e. The van der Waals surface area contributed by atoms with Crippen molar-refractivity contribution in [1.29, 1.82) is 0 Å². The van der Waals surface area contributed by atoms with Gasteiger partial charge >= 0.3 is 0 Å². The molecule has 3 heterocycles. The Bertz CT molecular complexity index is 652. The average Bonchev–Trinajstić information content (AvgIpc) is 3.00. The lowest BCUT2D eigenvalue weighted by molar-refractivity contribution is -0.127. The maximum atomic E-state index is 12.9. The molecule has 1 fully saturated rings. The highest BCUT2D eigenvalue weighted by molar-refractivity contribution is 5.93. The Labute approximate surface area is 150 Å². The number of nitrogens with zero attached hydrogens (tertiary/aromatic N) is 4. The van der Waals surface area contributed by atoms with Crippen molar-refractivity contribution in [2.45, 2.75) is 38.6 Å². The van der Waals surface area contributed by atoms with E-state index >= 15 is 0 Å².